The Morgan fingerprint density at radius 1 is 1.04 bits per heavy atom. The standard InChI is InChI=1S/C21H26BrNO2/c1-6-23(7-2)20(24)25-19-13-10-16(21(3,4)5)14-18(19)15-8-11-17(22)12-9-15/h8-14H,6-7H2,1-5H3. The van der Waals surface area contributed by atoms with Crippen molar-refractivity contribution in [3.63, 3.8) is 0 Å². The van der Waals surface area contributed by atoms with E-state index < -0.39 is 0 Å². The second-order valence-corrected chi connectivity index (χ2v) is 7.92. The Balaban J connectivity index is 2.48. The van der Waals surface area contributed by atoms with Crippen LogP contribution in [0.3, 0.4) is 0 Å². The van der Waals surface area contributed by atoms with Gasteiger partial charge in [-0.15, -0.1) is 0 Å². The van der Waals surface area contributed by atoms with Gasteiger partial charge in [-0.3, -0.25) is 0 Å². The highest BCUT2D eigenvalue weighted by Crippen LogP contribution is 2.35. The fourth-order valence-corrected chi connectivity index (χ4v) is 2.85. The largest absolute Gasteiger partial charge is 0.415 e. The number of amides is 1. The summed E-state index contributed by atoms with van der Waals surface area (Å²) in [6.07, 6.45) is -0.313. The van der Waals surface area contributed by atoms with E-state index in [-0.39, 0.29) is 11.5 Å². The summed E-state index contributed by atoms with van der Waals surface area (Å²) in [5.74, 6) is 0.590. The fraction of sp³-hybridized carbons (Fsp3) is 0.381. The molecule has 0 aliphatic rings. The number of rotatable bonds is 4. The Labute approximate surface area is 159 Å². The number of carbonyl (C=O) groups is 1. The van der Waals surface area contributed by atoms with Crippen LogP contribution in [0.1, 0.15) is 40.2 Å². The van der Waals surface area contributed by atoms with E-state index in [9.17, 15) is 4.79 Å². The smallest absolute Gasteiger partial charge is 0.410 e. The summed E-state index contributed by atoms with van der Waals surface area (Å²) < 4.78 is 6.74. The van der Waals surface area contributed by atoms with Gasteiger partial charge in [0.1, 0.15) is 5.75 Å². The maximum absolute atomic E-state index is 12.4. The molecule has 4 heteroatoms. The van der Waals surface area contributed by atoms with Crippen molar-refractivity contribution in [1.82, 2.24) is 4.90 Å². The molecular weight excluding hydrogens is 378 g/mol. The lowest BCUT2D eigenvalue weighted by molar-refractivity contribution is 0.157. The second-order valence-electron chi connectivity index (χ2n) is 7.01. The van der Waals surface area contributed by atoms with Gasteiger partial charge < -0.3 is 9.64 Å². The van der Waals surface area contributed by atoms with Crippen LogP contribution in [0.4, 0.5) is 4.79 Å². The first-order valence-corrected chi connectivity index (χ1v) is 9.42. The molecule has 0 saturated heterocycles. The van der Waals surface area contributed by atoms with Gasteiger partial charge in [0.2, 0.25) is 0 Å². The first-order valence-electron chi connectivity index (χ1n) is 8.63. The topological polar surface area (TPSA) is 29.5 Å². The van der Waals surface area contributed by atoms with Gasteiger partial charge in [-0.25, -0.2) is 4.79 Å². The van der Waals surface area contributed by atoms with Crippen molar-refractivity contribution in [1.29, 1.82) is 0 Å². The minimum atomic E-state index is -0.313. The number of carbonyl (C=O) groups excluding carboxylic acids is 1. The van der Waals surface area contributed by atoms with Crippen molar-refractivity contribution < 1.29 is 9.53 Å². The lowest BCUT2D eigenvalue weighted by Crippen LogP contribution is -2.33. The molecule has 2 aromatic rings. The highest BCUT2D eigenvalue weighted by Gasteiger charge is 2.19. The van der Waals surface area contributed by atoms with Gasteiger partial charge in [0.25, 0.3) is 0 Å². The predicted octanol–water partition coefficient (Wildman–Crippen LogP) is 6.25. The third-order valence-electron chi connectivity index (χ3n) is 4.22. The molecular formula is C21H26BrNO2. The van der Waals surface area contributed by atoms with Gasteiger partial charge in [0, 0.05) is 23.1 Å². The van der Waals surface area contributed by atoms with Crippen LogP contribution < -0.4 is 4.74 Å². The molecule has 0 fully saturated rings. The molecule has 1 amide bonds. The number of halogens is 1. The summed E-state index contributed by atoms with van der Waals surface area (Å²) in [6.45, 7) is 11.7. The summed E-state index contributed by atoms with van der Waals surface area (Å²) in [6, 6.07) is 14.1. The number of hydrogen-bond donors (Lipinski definition) is 0. The number of benzene rings is 2. The molecule has 2 aromatic carbocycles. The van der Waals surface area contributed by atoms with Crippen molar-refractivity contribution in [2.24, 2.45) is 0 Å². The summed E-state index contributed by atoms with van der Waals surface area (Å²) in [5.41, 5.74) is 3.18. The summed E-state index contributed by atoms with van der Waals surface area (Å²) in [5, 5.41) is 0. The van der Waals surface area contributed by atoms with E-state index >= 15 is 0 Å². The minimum absolute atomic E-state index is 0.0194. The van der Waals surface area contributed by atoms with E-state index in [1.807, 2.05) is 50.2 Å². The van der Waals surface area contributed by atoms with E-state index in [1.165, 1.54) is 5.56 Å². The molecule has 0 heterocycles. The number of nitrogens with zero attached hydrogens (tertiary/aromatic N) is 1. The molecule has 0 spiro atoms. The Hall–Kier alpha value is -1.81. The van der Waals surface area contributed by atoms with Crippen molar-refractivity contribution in [2.45, 2.75) is 40.0 Å². The third kappa shape index (κ3) is 4.85. The Morgan fingerprint density at radius 2 is 1.64 bits per heavy atom. The Kier molecular flexibility index (Phi) is 6.28. The van der Waals surface area contributed by atoms with Gasteiger partial charge >= 0.3 is 6.09 Å². The third-order valence-corrected chi connectivity index (χ3v) is 4.75. The van der Waals surface area contributed by atoms with Crippen LogP contribution in [0, 0.1) is 0 Å². The number of hydrogen-bond acceptors (Lipinski definition) is 2. The lowest BCUT2D eigenvalue weighted by atomic mass is 9.85. The normalized spacial score (nSPS) is 11.3. The maximum Gasteiger partial charge on any atom is 0.415 e. The van der Waals surface area contributed by atoms with Crippen molar-refractivity contribution in [2.75, 3.05) is 13.1 Å². The van der Waals surface area contributed by atoms with E-state index in [0.29, 0.717) is 18.8 Å². The first kappa shape index (κ1) is 19.5. The zero-order chi connectivity index (χ0) is 18.6. The maximum atomic E-state index is 12.4. The molecule has 0 bridgehead atoms. The Bertz CT molecular complexity index is 729. The van der Waals surface area contributed by atoms with E-state index in [4.69, 9.17) is 4.74 Å². The molecule has 0 aromatic heterocycles. The zero-order valence-electron chi connectivity index (χ0n) is 15.6. The van der Waals surface area contributed by atoms with Gasteiger partial charge in [-0.1, -0.05) is 54.9 Å². The summed E-state index contributed by atoms with van der Waals surface area (Å²) in [7, 11) is 0. The van der Waals surface area contributed by atoms with Crippen LogP contribution in [0.25, 0.3) is 11.1 Å². The van der Waals surface area contributed by atoms with E-state index in [0.717, 1.165) is 15.6 Å². The molecule has 0 atom stereocenters. The molecule has 0 aliphatic heterocycles. The molecule has 134 valence electrons. The molecule has 0 aliphatic carbocycles. The molecule has 0 N–H and O–H groups in total. The van der Waals surface area contributed by atoms with E-state index in [1.54, 1.807) is 4.90 Å². The van der Waals surface area contributed by atoms with Crippen LogP contribution in [0.15, 0.2) is 46.9 Å². The highest BCUT2D eigenvalue weighted by atomic mass is 79.9. The van der Waals surface area contributed by atoms with E-state index in [2.05, 4.69) is 42.8 Å². The van der Waals surface area contributed by atoms with Gasteiger partial charge in [0.15, 0.2) is 0 Å². The van der Waals surface area contributed by atoms with Gasteiger partial charge in [-0.05, 0) is 54.7 Å². The summed E-state index contributed by atoms with van der Waals surface area (Å²) >= 11 is 3.47. The van der Waals surface area contributed by atoms with Gasteiger partial charge in [-0.2, -0.15) is 0 Å². The predicted molar refractivity (Wildman–Crippen MR) is 107 cm³/mol. The van der Waals surface area contributed by atoms with Crippen molar-refractivity contribution in [3.8, 4) is 16.9 Å². The summed E-state index contributed by atoms with van der Waals surface area (Å²) in [4.78, 5) is 14.1. The van der Waals surface area contributed by atoms with Crippen LogP contribution in [-0.4, -0.2) is 24.1 Å². The lowest BCUT2D eigenvalue weighted by Gasteiger charge is -2.23. The van der Waals surface area contributed by atoms with Crippen LogP contribution in [0.2, 0.25) is 0 Å². The van der Waals surface area contributed by atoms with Gasteiger partial charge in [0.05, 0.1) is 0 Å². The molecule has 0 radical (unpaired) electrons. The van der Waals surface area contributed by atoms with Crippen molar-refractivity contribution >= 4 is 22.0 Å². The van der Waals surface area contributed by atoms with Crippen molar-refractivity contribution in [3.05, 3.63) is 52.5 Å². The number of ether oxygens (including phenoxy) is 1. The second kappa shape index (κ2) is 8.05. The quantitative estimate of drug-likeness (QED) is 0.603. The molecule has 0 saturated carbocycles. The average molecular weight is 404 g/mol. The monoisotopic (exact) mass is 403 g/mol. The Morgan fingerprint density at radius 3 is 2.16 bits per heavy atom. The SMILES string of the molecule is CCN(CC)C(=O)Oc1ccc(C(C)(C)C)cc1-c1ccc(Br)cc1. The molecule has 2 rings (SSSR count). The molecule has 25 heavy (non-hydrogen) atoms. The van der Waals surface area contributed by atoms with Crippen LogP contribution >= 0.6 is 15.9 Å². The first-order chi connectivity index (χ1) is 11.8. The fourth-order valence-electron chi connectivity index (χ4n) is 2.58. The molecule has 0 unspecified atom stereocenters. The van der Waals surface area contributed by atoms with Crippen LogP contribution in [0.5, 0.6) is 5.75 Å². The minimum Gasteiger partial charge on any atom is -0.410 e. The average Bonchev–Trinajstić information content (AvgIpc) is 2.56. The molecule has 3 nitrogen and oxygen atoms in total. The highest BCUT2D eigenvalue weighted by molar-refractivity contribution is 9.10. The van der Waals surface area contributed by atoms with Crippen LogP contribution in [-0.2, 0) is 5.41 Å². The zero-order valence-corrected chi connectivity index (χ0v) is 17.2.